The zero-order valence-electron chi connectivity index (χ0n) is 16.1. The van der Waals surface area contributed by atoms with E-state index in [0.29, 0.717) is 5.69 Å². The number of nitrogens with one attached hydrogen (secondary N) is 2. The predicted molar refractivity (Wildman–Crippen MR) is 106 cm³/mol. The molecule has 11 heteroatoms. The third-order valence-electron chi connectivity index (χ3n) is 4.44. The molecule has 1 atom stereocenters. The molecule has 0 spiro atoms. The maximum atomic E-state index is 12.4. The SMILES string of the molecule is O=C(COC(=O)[C@@H]1CC(=O)N(NC(=O)c2ccccc2[N+](=O)[O-])C1)Nc1ccccc1. The Labute approximate surface area is 176 Å². The van der Waals surface area contributed by atoms with Crippen LogP contribution in [0.25, 0.3) is 0 Å². The van der Waals surface area contributed by atoms with Crippen LogP contribution >= 0.6 is 0 Å². The number of amides is 3. The van der Waals surface area contributed by atoms with Crippen LogP contribution in [-0.4, -0.2) is 46.8 Å². The summed E-state index contributed by atoms with van der Waals surface area (Å²) < 4.78 is 4.96. The van der Waals surface area contributed by atoms with Crippen LogP contribution < -0.4 is 10.7 Å². The van der Waals surface area contributed by atoms with Gasteiger partial charge in [0, 0.05) is 18.2 Å². The van der Waals surface area contributed by atoms with Gasteiger partial charge in [-0.15, -0.1) is 0 Å². The van der Waals surface area contributed by atoms with Crippen LogP contribution in [0.15, 0.2) is 54.6 Å². The summed E-state index contributed by atoms with van der Waals surface area (Å²) in [7, 11) is 0. The van der Waals surface area contributed by atoms with Gasteiger partial charge in [0.15, 0.2) is 6.61 Å². The van der Waals surface area contributed by atoms with Crippen molar-refractivity contribution in [3.63, 3.8) is 0 Å². The molecule has 2 aromatic carbocycles. The molecular weight excluding hydrogens is 408 g/mol. The first-order chi connectivity index (χ1) is 14.8. The van der Waals surface area contributed by atoms with Crippen LogP contribution in [0, 0.1) is 16.0 Å². The van der Waals surface area contributed by atoms with Crippen molar-refractivity contribution < 1.29 is 28.8 Å². The lowest BCUT2D eigenvalue weighted by Gasteiger charge is -2.17. The summed E-state index contributed by atoms with van der Waals surface area (Å²) in [5.74, 6) is -3.59. The number of hydrazine groups is 1. The normalized spacial score (nSPS) is 15.3. The fourth-order valence-corrected chi connectivity index (χ4v) is 2.95. The van der Waals surface area contributed by atoms with Gasteiger partial charge < -0.3 is 10.1 Å². The molecular formula is C20H18N4O7. The Balaban J connectivity index is 1.52. The minimum Gasteiger partial charge on any atom is -0.455 e. The summed E-state index contributed by atoms with van der Waals surface area (Å²) in [6.45, 7) is -0.703. The van der Waals surface area contributed by atoms with Gasteiger partial charge in [0.25, 0.3) is 17.5 Å². The summed E-state index contributed by atoms with van der Waals surface area (Å²) in [6, 6.07) is 13.9. The fourth-order valence-electron chi connectivity index (χ4n) is 2.95. The van der Waals surface area contributed by atoms with Crippen LogP contribution in [0.2, 0.25) is 0 Å². The third kappa shape index (κ3) is 5.41. The Morgan fingerprint density at radius 3 is 2.48 bits per heavy atom. The van der Waals surface area contributed by atoms with Crippen LogP contribution in [0.1, 0.15) is 16.8 Å². The molecule has 1 heterocycles. The van der Waals surface area contributed by atoms with Crippen molar-refractivity contribution in [2.24, 2.45) is 5.92 Å². The van der Waals surface area contributed by atoms with E-state index in [1.807, 2.05) is 0 Å². The van der Waals surface area contributed by atoms with E-state index in [9.17, 15) is 29.3 Å². The summed E-state index contributed by atoms with van der Waals surface area (Å²) in [5.41, 5.74) is 2.19. The van der Waals surface area contributed by atoms with Crippen molar-refractivity contribution in [3.8, 4) is 0 Å². The van der Waals surface area contributed by atoms with Gasteiger partial charge in [-0.25, -0.2) is 0 Å². The lowest BCUT2D eigenvalue weighted by atomic mass is 10.1. The van der Waals surface area contributed by atoms with Crippen LogP contribution in [-0.2, 0) is 19.1 Å². The monoisotopic (exact) mass is 426 g/mol. The quantitative estimate of drug-likeness (QED) is 0.385. The Bertz CT molecular complexity index is 1030. The van der Waals surface area contributed by atoms with Gasteiger partial charge in [0.2, 0.25) is 5.91 Å². The van der Waals surface area contributed by atoms with Crippen molar-refractivity contribution in [1.29, 1.82) is 0 Å². The highest BCUT2D eigenvalue weighted by atomic mass is 16.6. The Hall–Kier alpha value is -4.28. The zero-order valence-corrected chi connectivity index (χ0v) is 16.1. The lowest BCUT2D eigenvalue weighted by Crippen LogP contribution is -2.43. The number of hydrogen-bond donors (Lipinski definition) is 2. The molecule has 1 fully saturated rings. The first-order valence-electron chi connectivity index (χ1n) is 9.21. The number of carbonyl (C=O) groups excluding carboxylic acids is 4. The number of esters is 1. The molecule has 3 amide bonds. The first-order valence-corrected chi connectivity index (χ1v) is 9.21. The number of anilines is 1. The molecule has 1 aliphatic heterocycles. The molecule has 0 saturated carbocycles. The lowest BCUT2D eigenvalue weighted by molar-refractivity contribution is -0.385. The summed E-state index contributed by atoms with van der Waals surface area (Å²) in [6.07, 6.45) is -0.226. The smallest absolute Gasteiger partial charge is 0.311 e. The molecule has 11 nitrogen and oxygen atoms in total. The van der Waals surface area contributed by atoms with Gasteiger partial charge in [-0.05, 0) is 18.2 Å². The van der Waals surface area contributed by atoms with E-state index in [4.69, 9.17) is 4.74 Å². The van der Waals surface area contributed by atoms with Gasteiger partial charge >= 0.3 is 5.97 Å². The van der Waals surface area contributed by atoms with Crippen molar-refractivity contribution >= 4 is 35.1 Å². The van der Waals surface area contributed by atoms with Crippen molar-refractivity contribution in [2.45, 2.75) is 6.42 Å². The summed E-state index contributed by atoms with van der Waals surface area (Å²) in [4.78, 5) is 58.9. The van der Waals surface area contributed by atoms with Gasteiger partial charge in [0.1, 0.15) is 5.56 Å². The Morgan fingerprint density at radius 1 is 1.10 bits per heavy atom. The molecule has 0 bridgehead atoms. The van der Waals surface area contributed by atoms with Crippen LogP contribution in [0.3, 0.4) is 0 Å². The van der Waals surface area contributed by atoms with E-state index in [0.717, 1.165) is 5.01 Å². The van der Waals surface area contributed by atoms with E-state index in [-0.39, 0.29) is 18.5 Å². The zero-order chi connectivity index (χ0) is 22.4. The summed E-state index contributed by atoms with van der Waals surface area (Å²) >= 11 is 0. The second kappa shape index (κ2) is 9.48. The number of nitro benzene ring substituents is 1. The van der Waals surface area contributed by atoms with Gasteiger partial charge in [-0.2, -0.15) is 0 Å². The maximum Gasteiger partial charge on any atom is 0.311 e. The number of ether oxygens (including phenoxy) is 1. The highest BCUT2D eigenvalue weighted by Crippen LogP contribution is 2.20. The fraction of sp³-hybridized carbons (Fsp3) is 0.200. The minimum absolute atomic E-state index is 0.176. The van der Waals surface area contributed by atoms with E-state index in [1.165, 1.54) is 24.3 Å². The highest BCUT2D eigenvalue weighted by molar-refractivity contribution is 5.99. The average molecular weight is 426 g/mol. The molecule has 160 valence electrons. The molecule has 3 rings (SSSR count). The topological polar surface area (TPSA) is 148 Å². The molecule has 0 unspecified atom stereocenters. The standard InChI is InChI=1S/C20H18N4O7/c25-17(21-14-6-2-1-3-7-14)12-31-20(28)13-10-18(26)23(11-13)22-19(27)15-8-4-5-9-16(15)24(29)30/h1-9,13H,10-12H2,(H,21,25)(H,22,27)/t13-/m1/s1. The number of benzene rings is 2. The van der Waals surface area contributed by atoms with Gasteiger partial charge in [-0.3, -0.25) is 39.7 Å². The molecule has 0 radical (unpaired) electrons. The Kier molecular flexibility index (Phi) is 6.55. The predicted octanol–water partition coefficient (Wildman–Crippen LogP) is 1.27. The number of hydrogen-bond acceptors (Lipinski definition) is 7. The number of nitro groups is 1. The maximum absolute atomic E-state index is 12.4. The summed E-state index contributed by atoms with van der Waals surface area (Å²) in [5, 5.41) is 14.5. The molecule has 0 aliphatic carbocycles. The molecule has 2 aromatic rings. The van der Waals surface area contributed by atoms with Crippen molar-refractivity contribution in [2.75, 3.05) is 18.5 Å². The number of rotatable bonds is 7. The Morgan fingerprint density at radius 2 is 1.77 bits per heavy atom. The molecule has 0 aromatic heterocycles. The highest BCUT2D eigenvalue weighted by Gasteiger charge is 2.37. The third-order valence-corrected chi connectivity index (χ3v) is 4.44. The molecule has 1 saturated heterocycles. The second-order valence-electron chi connectivity index (χ2n) is 6.64. The minimum atomic E-state index is -0.886. The first kappa shape index (κ1) is 21.4. The molecule has 2 N–H and O–H groups in total. The molecule has 31 heavy (non-hydrogen) atoms. The van der Waals surface area contributed by atoms with E-state index < -0.39 is 46.8 Å². The second-order valence-corrected chi connectivity index (χ2v) is 6.64. The number of para-hydroxylation sites is 2. The van der Waals surface area contributed by atoms with Crippen molar-refractivity contribution in [3.05, 3.63) is 70.3 Å². The van der Waals surface area contributed by atoms with Crippen LogP contribution in [0.5, 0.6) is 0 Å². The van der Waals surface area contributed by atoms with Crippen LogP contribution in [0.4, 0.5) is 11.4 Å². The van der Waals surface area contributed by atoms with Crippen molar-refractivity contribution in [1.82, 2.24) is 10.4 Å². The van der Waals surface area contributed by atoms with E-state index in [2.05, 4.69) is 10.7 Å². The van der Waals surface area contributed by atoms with Gasteiger partial charge in [-0.1, -0.05) is 30.3 Å². The number of carbonyl (C=O) groups is 4. The largest absolute Gasteiger partial charge is 0.455 e. The number of nitrogens with zero attached hydrogens (tertiary/aromatic N) is 2. The molecule has 1 aliphatic rings. The average Bonchev–Trinajstić information content (AvgIpc) is 3.13. The van der Waals surface area contributed by atoms with E-state index >= 15 is 0 Å². The van der Waals surface area contributed by atoms with Gasteiger partial charge in [0.05, 0.1) is 17.4 Å². The van der Waals surface area contributed by atoms with E-state index in [1.54, 1.807) is 30.3 Å².